The Hall–Kier alpha value is -3.97. The number of aromatic nitrogens is 3. The van der Waals surface area contributed by atoms with Crippen molar-refractivity contribution >= 4 is 17.2 Å². The third-order valence-electron chi connectivity index (χ3n) is 8.63. The second-order valence-corrected chi connectivity index (χ2v) is 11.2. The summed E-state index contributed by atoms with van der Waals surface area (Å²) in [5.74, 6) is 4.30. The minimum Gasteiger partial charge on any atom is -0.507 e. The number of halogens is 2. The Labute approximate surface area is 225 Å². The molecule has 0 radical (unpaired) electrons. The Bertz CT molecular complexity index is 1480. The van der Waals surface area contributed by atoms with Gasteiger partial charge in [0.05, 0.1) is 23.3 Å². The quantitative estimate of drug-likeness (QED) is 0.497. The smallest absolute Gasteiger partial charge is 0.257 e. The third kappa shape index (κ3) is 4.12. The zero-order valence-corrected chi connectivity index (χ0v) is 21.4. The molecule has 2 bridgehead atoms. The van der Waals surface area contributed by atoms with Crippen molar-refractivity contribution in [3.05, 3.63) is 54.4 Å². The minimum absolute atomic E-state index is 0.0190. The summed E-state index contributed by atoms with van der Waals surface area (Å²) in [5, 5.41) is 18.7. The van der Waals surface area contributed by atoms with Crippen molar-refractivity contribution in [1.82, 2.24) is 20.1 Å². The van der Waals surface area contributed by atoms with Crippen molar-refractivity contribution in [3.63, 3.8) is 0 Å². The number of likely N-dealkylation sites (tertiary alicyclic amines) is 1. The van der Waals surface area contributed by atoms with Crippen LogP contribution in [0.4, 0.5) is 26.0 Å². The van der Waals surface area contributed by atoms with Crippen LogP contribution in [-0.4, -0.2) is 75.9 Å². The van der Waals surface area contributed by atoms with E-state index in [-0.39, 0.29) is 12.2 Å². The largest absolute Gasteiger partial charge is 0.507 e. The number of phenolic OH excluding ortho intramolecular Hbond substituents is 1. The lowest BCUT2D eigenvalue weighted by atomic mass is 9.96. The molecule has 2 unspecified atom stereocenters. The van der Waals surface area contributed by atoms with Gasteiger partial charge in [-0.3, -0.25) is 4.90 Å². The van der Waals surface area contributed by atoms with Gasteiger partial charge in [-0.1, -0.05) is 18.1 Å². The van der Waals surface area contributed by atoms with E-state index in [1.165, 1.54) is 0 Å². The number of hydrogen-bond acceptors (Lipinski definition) is 8. The van der Waals surface area contributed by atoms with Gasteiger partial charge in [0.25, 0.3) is 5.92 Å². The summed E-state index contributed by atoms with van der Waals surface area (Å²) in [5.41, 5.74) is 9.33. The fourth-order valence-corrected chi connectivity index (χ4v) is 6.52. The zero-order chi connectivity index (χ0) is 26.8. The standard InChI is InChI=1S/C29H29F2N7O/c30-29(31)16-28(29)17-36(18-28)11-3-4-19-12-20(9-10-33-19)38-21-7-8-22(38)15-37(14-21)25-13-24(34-35-27(25)32)23-5-1-2-6-26(23)39/h1-2,5-6,9-10,12-13,21-22,39H,7-8,11,14-18H2,(H2,32,35). The number of pyridine rings is 1. The summed E-state index contributed by atoms with van der Waals surface area (Å²) in [6.45, 7) is 2.93. The third-order valence-corrected chi connectivity index (χ3v) is 8.63. The van der Waals surface area contributed by atoms with Gasteiger partial charge in [0.15, 0.2) is 5.82 Å². The number of fused-ring (bicyclic) bond motifs is 2. The lowest BCUT2D eigenvalue weighted by Gasteiger charge is -2.43. The number of nitrogens with zero attached hydrogens (tertiary/aromatic N) is 6. The Kier molecular flexibility index (Phi) is 5.42. The molecule has 1 aliphatic carbocycles. The molecule has 0 amide bonds. The van der Waals surface area contributed by atoms with E-state index in [1.807, 2.05) is 35.2 Å². The molecule has 2 aromatic heterocycles. The first-order valence-corrected chi connectivity index (χ1v) is 13.3. The fourth-order valence-electron chi connectivity index (χ4n) is 6.52. The van der Waals surface area contributed by atoms with E-state index in [1.54, 1.807) is 18.3 Å². The highest BCUT2D eigenvalue weighted by Crippen LogP contribution is 2.65. The summed E-state index contributed by atoms with van der Waals surface area (Å²) < 4.78 is 26.8. The Morgan fingerprint density at radius 3 is 2.51 bits per heavy atom. The molecule has 3 aliphatic heterocycles. The van der Waals surface area contributed by atoms with E-state index >= 15 is 0 Å². The molecule has 200 valence electrons. The minimum atomic E-state index is -2.48. The lowest BCUT2D eigenvalue weighted by molar-refractivity contribution is -0.0178. The molecule has 8 nitrogen and oxygen atoms in total. The monoisotopic (exact) mass is 529 g/mol. The average molecular weight is 530 g/mol. The van der Waals surface area contributed by atoms with E-state index in [0.717, 1.165) is 37.3 Å². The maximum Gasteiger partial charge on any atom is 0.257 e. The van der Waals surface area contributed by atoms with Crippen LogP contribution in [-0.2, 0) is 0 Å². The SMILES string of the molecule is Nc1nnc(-c2ccccc2O)cc1N1CC2CCC(C1)N2c1ccnc(C#CCN2CC3(C2)CC3(F)F)c1. The van der Waals surface area contributed by atoms with Crippen molar-refractivity contribution in [2.24, 2.45) is 5.41 Å². The van der Waals surface area contributed by atoms with Gasteiger partial charge in [-0.15, -0.1) is 10.2 Å². The summed E-state index contributed by atoms with van der Waals surface area (Å²) in [7, 11) is 0. The number of para-hydroxylation sites is 1. The van der Waals surface area contributed by atoms with E-state index in [9.17, 15) is 13.9 Å². The number of rotatable bonds is 4. The first-order valence-electron chi connectivity index (χ1n) is 13.3. The Morgan fingerprint density at radius 1 is 1.05 bits per heavy atom. The van der Waals surface area contributed by atoms with Crippen molar-refractivity contribution < 1.29 is 13.9 Å². The Balaban J connectivity index is 1.05. The van der Waals surface area contributed by atoms with E-state index in [0.29, 0.717) is 54.5 Å². The molecule has 39 heavy (non-hydrogen) atoms. The van der Waals surface area contributed by atoms with Gasteiger partial charge in [-0.25, -0.2) is 13.8 Å². The topological polar surface area (TPSA) is 94.6 Å². The normalized spacial score (nSPS) is 24.3. The maximum absolute atomic E-state index is 13.4. The number of piperazine rings is 1. The van der Waals surface area contributed by atoms with Crippen LogP contribution in [0.2, 0.25) is 0 Å². The van der Waals surface area contributed by atoms with Crippen LogP contribution in [0.15, 0.2) is 48.7 Å². The van der Waals surface area contributed by atoms with Crippen LogP contribution < -0.4 is 15.5 Å². The van der Waals surface area contributed by atoms with Crippen LogP contribution in [0.3, 0.4) is 0 Å². The van der Waals surface area contributed by atoms with Gasteiger partial charge in [-0.05, 0) is 49.1 Å². The summed E-state index contributed by atoms with van der Waals surface area (Å²) >= 11 is 0. The van der Waals surface area contributed by atoms with Crippen LogP contribution in [0.5, 0.6) is 5.75 Å². The maximum atomic E-state index is 13.4. The Morgan fingerprint density at radius 2 is 1.79 bits per heavy atom. The van der Waals surface area contributed by atoms with Crippen molar-refractivity contribution in [2.75, 3.05) is 48.3 Å². The molecule has 1 saturated carbocycles. The second kappa shape index (κ2) is 8.78. The van der Waals surface area contributed by atoms with Crippen LogP contribution >= 0.6 is 0 Å². The molecule has 3 aromatic rings. The lowest BCUT2D eigenvalue weighted by Crippen LogP contribution is -2.54. The van der Waals surface area contributed by atoms with Gasteiger partial charge in [0.1, 0.15) is 11.4 Å². The van der Waals surface area contributed by atoms with Crippen molar-refractivity contribution in [3.8, 4) is 28.8 Å². The van der Waals surface area contributed by atoms with Gasteiger partial charge in [0, 0.05) is 62.1 Å². The van der Waals surface area contributed by atoms with Gasteiger partial charge in [-0.2, -0.15) is 0 Å². The number of alkyl halides is 2. The summed E-state index contributed by atoms with van der Waals surface area (Å²) in [6.07, 6.45) is 3.94. The first kappa shape index (κ1) is 24.1. The highest BCUT2D eigenvalue weighted by molar-refractivity contribution is 5.74. The first-order chi connectivity index (χ1) is 18.8. The summed E-state index contributed by atoms with van der Waals surface area (Å²) in [4.78, 5) is 11.1. The summed E-state index contributed by atoms with van der Waals surface area (Å²) in [6, 6.07) is 13.6. The number of phenols is 1. The van der Waals surface area contributed by atoms with Gasteiger partial charge < -0.3 is 20.6 Å². The number of aromatic hydroxyl groups is 1. The number of hydrogen-bond donors (Lipinski definition) is 2. The predicted molar refractivity (Wildman–Crippen MR) is 145 cm³/mol. The molecular weight excluding hydrogens is 500 g/mol. The average Bonchev–Trinajstić information content (AvgIpc) is 3.39. The number of nitrogens with two attached hydrogens (primary N) is 1. The molecule has 1 spiro atoms. The molecule has 4 fully saturated rings. The second-order valence-electron chi connectivity index (χ2n) is 11.2. The molecule has 5 heterocycles. The highest BCUT2D eigenvalue weighted by Gasteiger charge is 2.75. The number of benzene rings is 1. The van der Waals surface area contributed by atoms with Gasteiger partial charge in [0.2, 0.25) is 0 Å². The van der Waals surface area contributed by atoms with Crippen LogP contribution in [0.1, 0.15) is 25.0 Å². The molecule has 3 N–H and O–H groups in total. The molecule has 7 rings (SSSR count). The predicted octanol–water partition coefficient (Wildman–Crippen LogP) is 3.38. The van der Waals surface area contributed by atoms with Gasteiger partial charge >= 0.3 is 0 Å². The van der Waals surface area contributed by atoms with Crippen LogP contribution in [0, 0.1) is 17.3 Å². The number of anilines is 3. The molecule has 10 heteroatoms. The van der Waals surface area contributed by atoms with Crippen LogP contribution in [0.25, 0.3) is 11.3 Å². The fraction of sp³-hybridized carbons (Fsp3) is 0.414. The van der Waals surface area contributed by atoms with Crippen molar-refractivity contribution in [2.45, 2.75) is 37.3 Å². The molecular formula is C29H29F2N7O. The number of nitrogen functional groups attached to an aromatic ring is 1. The zero-order valence-electron chi connectivity index (χ0n) is 21.4. The molecule has 4 aliphatic rings. The van der Waals surface area contributed by atoms with E-state index in [2.05, 4.69) is 36.8 Å². The molecule has 2 atom stereocenters. The molecule has 1 aromatic carbocycles. The van der Waals surface area contributed by atoms with E-state index < -0.39 is 11.3 Å². The highest BCUT2D eigenvalue weighted by atomic mass is 19.3. The molecule has 3 saturated heterocycles. The van der Waals surface area contributed by atoms with Crippen molar-refractivity contribution in [1.29, 1.82) is 0 Å². The van der Waals surface area contributed by atoms with E-state index in [4.69, 9.17) is 5.73 Å².